The smallest absolute Gasteiger partial charge is 0.164 e. The third-order valence-electron chi connectivity index (χ3n) is 11.3. The Hall–Kier alpha value is -7.79. The highest BCUT2D eigenvalue weighted by atomic mass is 32.1. The van der Waals surface area contributed by atoms with Crippen LogP contribution in [0, 0.1) is 0 Å². The molecule has 2 heterocycles. The van der Waals surface area contributed by atoms with Crippen molar-refractivity contribution in [3.63, 3.8) is 0 Å². The molecule has 0 aliphatic rings. The van der Waals surface area contributed by atoms with Crippen molar-refractivity contribution in [1.82, 2.24) is 15.0 Å². The largest absolute Gasteiger partial charge is 0.208 e. The summed E-state index contributed by atoms with van der Waals surface area (Å²) >= 11 is 1.84. The summed E-state index contributed by atoms with van der Waals surface area (Å²) in [4.78, 5) is 16.0. The molecule has 0 radical (unpaired) electrons. The number of hydrogen-bond donors (Lipinski definition) is 0. The third kappa shape index (κ3) is 7.31. The quantitative estimate of drug-likeness (QED) is 0.154. The van der Waals surface area contributed by atoms with E-state index < -0.39 is 0 Å². The molecule has 0 fully saturated rings. The van der Waals surface area contributed by atoms with E-state index in [1.54, 1.807) is 0 Å². The first kappa shape index (κ1) is 36.3. The van der Waals surface area contributed by atoms with E-state index in [1.165, 1.54) is 20.2 Å². The summed E-state index contributed by atoms with van der Waals surface area (Å²) in [5.41, 5.74) is 13.9. The maximum absolute atomic E-state index is 5.36. The zero-order valence-corrected chi connectivity index (χ0v) is 33.9. The van der Waals surface area contributed by atoms with Crippen LogP contribution in [0.2, 0.25) is 0 Å². The predicted octanol–water partition coefficient (Wildman–Crippen LogP) is 15.6. The predicted molar refractivity (Wildman–Crippen MR) is 256 cm³/mol. The van der Waals surface area contributed by atoms with Crippen molar-refractivity contribution in [2.45, 2.75) is 0 Å². The molecule has 0 bridgehead atoms. The van der Waals surface area contributed by atoms with Gasteiger partial charge in [0.1, 0.15) is 0 Å². The second-order valence-corrected chi connectivity index (χ2v) is 16.3. The van der Waals surface area contributed by atoms with Crippen LogP contribution in [0.25, 0.3) is 110 Å². The standard InChI is InChI=1S/C57H37N3S/c1-5-16-38(17-6-1)45-31-46(39-18-7-2-8-19-39)34-49(33-45)56-58-55(44-25-15-24-42(30-44)43-28-29-54-52(37-43)51-26-13-14-27-53(51)61-54)59-57(60-56)50-35-47(40-20-9-3-10-21-40)32-48(36-50)41-22-11-4-12-23-41/h1-37H. The maximum atomic E-state index is 5.36. The normalized spacial score (nSPS) is 11.3. The molecule has 0 unspecified atom stereocenters. The van der Waals surface area contributed by atoms with Gasteiger partial charge in [0.25, 0.3) is 0 Å². The molecule has 0 N–H and O–H groups in total. The zero-order valence-electron chi connectivity index (χ0n) is 33.1. The molecule has 11 rings (SSSR count). The molecule has 0 saturated heterocycles. The van der Waals surface area contributed by atoms with Gasteiger partial charge in [-0.25, -0.2) is 15.0 Å². The molecule has 3 nitrogen and oxygen atoms in total. The number of thiophene rings is 1. The molecule has 61 heavy (non-hydrogen) atoms. The van der Waals surface area contributed by atoms with Gasteiger partial charge in [0, 0.05) is 36.9 Å². The van der Waals surface area contributed by atoms with Crippen LogP contribution in [0.15, 0.2) is 224 Å². The fourth-order valence-corrected chi connectivity index (χ4v) is 9.30. The van der Waals surface area contributed by atoms with E-state index in [1.807, 2.05) is 11.3 Å². The minimum absolute atomic E-state index is 0.609. The lowest BCUT2D eigenvalue weighted by Crippen LogP contribution is -2.01. The summed E-state index contributed by atoms with van der Waals surface area (Å²) < 4.78 is 2.58. The number of rotatable bonds is 8. The van der Waals surface area contributed by atoms with Crippen LogP contribution in [0.5, 0.6) is 0 Å². The van der Waals surface area contributed by atoms with Crippen LogP contribution in [0.4, 0.5) is 0 Å². The van der Waals surface area contributed by atoms with Crippen LogP contribution in [-0.2, 0) is 0 Å². The Morgan fingerprint density at radius 2 is 0.557 bits per heavy atom. The fraction of sp³-hybridized carbons (Fsp3) is 0. The molecule has 0 aliphatic carbocycles. The molecular formula is C57H37N3S. The number of benzene rings is 9. The van der Waals surface area contributed by atoms with Gasteiger partial charge in [0.05, 0.1) is 0 Å². The summed E-state index contributed by atoms with van der Waals surface area (Å²) in [7, 11) is 0. The van der Waals surface area contributed by atoms with E-state index in [9.17, 15) is 0 Å². The molecule has 0 atom stereocenters. The number of aromatic nitrogens is 3. The monoisotopic (exact) mass is 795 g/mol. The molecule has 0 saturated carbocycles. The molecule has 2 aromatic heterocycles. The SMILES string of the molecule is c1ccc(-c2cc(-c3ccccc3)cc(-c3nc(-c4cccc(-c5ccc6sc7ccccc7c6c5)c4)nc(-c4cc(-c5ccccc5)cc(-c5ccccc5)c4)n3)c2)cc1. The van der Waals surface area contributed by atoms with Gasteiger partial charge in [0.2, 0.25) is 0 Å². The van der Waals surface area contributed by atoms with Crippen LogP contribution >= 0.6 is 11.3 Å². The summed E-state index contributed by atoms with van der Waals surface area (Å²) in [6.45, 7) is 0. The van der Waals surface area contributed by atoms with E-state index >= 15 is 0 Å². The Morgan fingerprint density at radius 3 is 1.05 bits per heavy atom. The highest BCUT2D eigenvalue weighted by Gasteiger charge is 2.18. The number of hydrogen-bond acceptors (Lipinski definition) is 4. The van der Waals surface area contributed by atoms with Crippen molar-refractivity contribution in [3.05, 3.63) is 224 Å². The Bertz CT molecular complexity index is 3080. The van der Waals surface area contributed by atoms with Gasteiger partial charge < -0.3 is 0 Å². The number of fused-ring (bicyclic) bond motifs is 3. The highest BCUT2D eigenvalue weighted by Crippen LogP contribution is 2.39. The number of nitrogens with zero attached hydrogens (tertiary/aromatic N) is 3. The van der Waals surface area contributed by atoms with Crippen LogP contribution < -0.4 is 0 Å². The second-order valence-electron chi connectivity index (χ2n) is 15.3. The van der Waals surface area contributed by atoms with Gasteiger partial charge in [-0.3, -0.25) is 0 Å². The average molecular weight is 796 g/mol. The van der Waals surface area contributed by atoms with Gasteiger partial charge in [-0.2, -0.15) is 0 Å². The lowest BCUT2D eigenvalue weighted by Gasteiger charge is -2.14. The molecular weight excluding hydrogens is 759 g/mol. The molecule has 0 amide bonds. The van der Waals surface area contributed by atoms with Crippen LogP contribution in [0.1, 0.15) is 0 Å². The summed E-state index contributed by atoms with van der Waals surface area (Å²) in [6.07, 6.45) is 0. The Balaban J connectivity index is 1.12. The van der Waals surface area contributed by atoms with Gasteiger partial charge >= 0.3 is 0 Å². The van der Waals surface area contributed by atoms with Gasteiger partial charge in [0.15, 0.2) is 17.5 Å². The van der Waals surface area contributed by atoms with Gasteiger partial charge in [-0.05, 0) is 116 Å². The summed E-state index contributed by atoms with van der Waals surface area (Å²) in [5, 5.41) is 2.56. The minimum atomic E-state index is 0.609. The first-order valence-electron chi connectivity index (χ1n) is 20.5. The van der Waals surface area contributed by atoms with Crippen molar-refractivity contribution < 1.29 is 0 Å². The highest BCUT2D eigenvalue weighted by molar-refractivity contribution is 7.25. The van der Waals surface area contributed by atoms with E-state index in [0.717, 1.165) is 72.3 Å². The third-order valence-corrected chi connectivity index (χ3v) is 12.4. The molecule has 9 aromatic carbocycles. The maximum Gasteiger partial charge on any atom is 0.164 e. The van der Waals surface area contributed by atoms with Crippen molar-refractivity contribution in [2.75, 3.05) is 0 Å². The molecule has 0 spiro atoms. The van der Waals surface area contributed by atoms with Gasteiger partial charge in [-0.15, -0.1) is 11.3 Å². The lowest BCUT2D eigenvalue weighted by molar-refractivity contribution is 1.07. The zero-order chi connectivity index (χ0) is 40.5. The molecule has 11 aromatic rings. The fourth-order valence-electron chi connectivity index (χ4n) is 8.21. The molecule has 0 aliphatic heterocycles. The first-order valence-corrected chi connectivity index (χ1v) is 21.3. The Morgan fingerprint density at radius 1 is 0.213 bits per heavy atom. The van der Waals surface area contributed by atoms with Crippen molar-refractivity contribution in [2.24, 2.45) is 0 Å². The lowest BCUT2D eigenvalue weighted by atomic mass is 9.95. The van der Waals surface area contributed by atoms with Crippen molar-refractivity contribution in [3.8, 4) is 89.8 Å². The van der Waals surface area contributed by atoms with Crippen LogP contribution in [-0.4, -0.2) is 15.0 Å². The molecule has 4 heteroatoms. The Labute approximate surface area is 359 Å². The van der Waals surface area contributed by atoms with E-state index in [2.05, 4.69) is 224 Å². The van der Waals surface area contributed by atoms with Crippen molar-refractivity contribution in [1.29, 1.82) is 0 Å². The van der Waals surface area contributed by atoms with Crippen LogP contribution in [0.3, 0.4) is 0 Å². The first-order chi connectivity index (χ1) is 30.2. The van der Waals surface area contributed by atoms with E-state index in [4.69, 9.17) is 15.0 Å². The summed E-state index contributed by atoms with van der Waals surface area (Å²) in [6, 6.07) is 79.5. The minimum Gasteiger partial charge on any atom is -0.208 e. The molecule has 286 valence electrons. The average Bonchev–Trinajstić information content (AvgIpc) is 3.73. The van der Waals surface area contributed by atoms with E-state index in [-0.39, 0.29) is 0 Å². The Kier molecular flexibility index (Phi) is 9.38. The topological polar surface area (TPSA) is 38.7 Å². The van der Waals surface area contributed by atoms with E-state index in [0.29, 0.717) is 17.5 Å². The second kappa shape index (κ2) is 15.8. The van der Waals surface area contributed by atoms with Crippen molar-refractivity contribution >= 4 is 31.5 Å². The van der Waals surface area contributed by atoms with Gasteiger partial charge in [-0.1, -0.05) is 164 Å². The summed E-state index contributed by atoms with van der Waals surface area (Å²) in [5.74, 6) is 1.83.